The summed E-state index contributed by atoms with van der Waals surface area (Å²) in [5.41, 5.74) is -0.916. The van der Waals surface area contributed by atoms with Crippen molar-refractivity contribution in [3.63, 3.8) is 0 Å². The van der Waals surface area contributed by atoms with Gasteiger partial charge in [0.2, 0.25) is 5.91 Å². The van der Waals surface area contributed by atoms with Crippen molar-refractivity contribution in [2.75, 3.05) is 24.9 Å². The summed E-state index contributed by atoms with van der Waals surface area (Å²) in [6.07, 6.45) is 4.79. The van der Waals surface area contributed by atoms with Crippen LogP contribution >= 0.6 is 23.5 Å². The van der Waals surface area contributed by atoms with E-state index in [0.29, 0.717) is 0 Å². The molecule has 106 valence electrons. The van der Waals surface area contributed by atoms with E-state index in [1.807, 2.05) is 12.5 Å². The van der Waals surface area contributed by atoms with E-state index in [1.165, 1.54) is 0 Å². The van der Waals surface area contributed by atoms with Crippen LogP contribution in [0.3, 0.4) is 0 Å². The van der Waals surface area contributed by atoms with E-state index in [1.54, 1.807) is 37.4 Å². The third-order valence-corrected chi connectivity index (χ3v) is 3.87. The van der Waals surface area contributed by atoms with Crippen molar-refractivity contribution < 1.29 is 14.7 Å². The largest absolute Gasteiger partial charge is 0.344 e. The van der Waals surface area contributed by atoms with Crippen LogP contribution in [-0.2, 0) is 9.63 Å². The second-order valence-electron chi connectivity index (χ2n) is 4.36. The van der Waals surface area contributed by atoms with Crippen molar-refractivity contribution in [3.05, 3.63) is 10.1 Å². The van der Waals surface area contributed by atoms with Crippen molar-refractivity contribution in [1.29, 1.82) is 0 Å². The molecule has 1 N–H and O–H groups in total. The van der Waals surface area contributed by atoms with Gasteiger partial charge in [0.05, 0.1) is 10.8 Å². The molecule has 0 aliphatic heterocycles. The van der Waals surface area contributed by atoms with Crippen LogP contribution in [0, 0.1) is 15.5 Å². The molecular formula is C10H20N2O4S2. The summed E-state index contributed by atoms with van der Waals surface area (Å²) < 4.78 is 0. The summed E-state index contributed by atoms with van der Waals surface area (Å²) >= 11 is 3.27. The molecule has 0 heterocycles. The Labute approximate surface area is 116 Å². The number of rotatable bonds is 9. The molecule has 0 aromatic rings. The van der Waals surface area contributed by atoms with Crippen molar-refractivity contribution in [1.82, 2.24) is 5.32 Å². The number of carbonyl (C=O) groups is 1. The van der Waals surface area contributed by atoms with E-state index in [-0.39, 0.29) is 17.9 Å². The zero-order chi connectivity index (χ0) is 14.2. The number of nitrogens with one attached hydrogen (secondary N) is 1. The fraction of sp³-hybridized carbons (Fsp3) is 0.900. The maximum absolute atomic E-state index is 12.0. The minimum atomic E-state index is -0.916. The van der Waals surface area contributed by atoms with Gasteiger partial charge in [-0.05, 0) is 38.5 Å². The molecule has 0 spiro atoms. The standard InChI is InChI=1S/C10H20N2O4S2/c1-10(2,7-16-12(14)15)9(13)11-8(18-4)5-6-17-3/h8H,5-7H2,1-4H3,(H,11,13). The molecule has 6 nitrogen and oxygen atoms in total. The van der Waals surface area contributed by atoms with Crippen molar-refractivity contribution >= 4 is 29.4 Å². The Morgan fingerprint density at radius 3 is 2.56 bits per heavy atom. The molecule has 0 saturated carbocycles. The maximum Gasteiger partial charge on any atom is 0.294 e. The first-order chi connectivity index (χ1) is 8.33. The van der Waals surface area contributed by atoms with Gasteiger partial charge in [0.15, 0.2) is 0 Å². The predicted molar refractivity (Wildman–Crippen MR) is 75.2 cm³/mol. The lowest BCUT2D eigenvalue weighted by atomic mass is 9.94. The van der Waals surface area contributed by atoms with Crippen LogP contribution in [0.2, 0.25) is 0 Å². The zero-order valence-corrected chi connectivity index (χ0v) is 12.7. The normalized spacial score (nSPS) is 12.9. The average Bonchev–Trinajstić information content (AvgIpc) is 2.31. The second kappa shape index (κ2) is 8.47. The molecule has 0 fully saturated rings. The number of thioether (sulfide) groups is 2. The maximum atomic E-state index is 12.0. The average molecular weight is 296 g/mol. The molecule has 0 saturated heterocycles. The first-order valence-electron chi connectivity index (χ1n) is 5.43. The number of nitrogens with zero attached hydrogens (tertiary/aromatic N) is 1. The van der Waals surface area contributed by atoms with Gasteiger partial charge in [-0.15, -0.1) is 21.9 Å². The molecule has 0 aromatic heterocycles. The molecule has 1 unspecified atom stereocenters. The van der Waals surface area contributed by atoms with Crippen LogP contribution in [0.25, 0.3) is 0 Å². The fourth-order valence-electron chi connectivity index (χ4n) is 1.10. The van der Waals surface area contributed by atoms with Gasteiger partial charge in [0.25, 0.3) is 5.09 Å². The Kier molecular flexibility index (Phi) is 8.17. The topological polar surface area (TPSA) is 81.5 Å². The van der Waals surface area contributed by atoms with Gasteiger partial charge in [0.1, 0.15) is 6.61 Å². The zero-order valence-electron chi connectivity index (χ0n) is 11.1. The SMILES string of the molecule is CSCCC(NC(=O)C(C)(C)CO[N+](=O)[O-])SC. The molecule has 18 heavy (non-hydrogen) atoms. The molecule has 0 aliphatic carbocycles. The van der Waals surface area contributed by atoms with Crippen LogP contribution in [0.1, 0.15) is 20.3 Å². The highest BCUT2D eigenvalue weighted by Crippen LogP contribution is 2.19. The van der Waals surface area contributed by atoms with Crippen LogP contribution in [0.4, 0.5) is 0 Å². The van der Waals surface area contributed by atoms with Gasteiger partial charge in [-0.3, -0.25) is 4.79 Å². The van der Waals surface area contributed by atoms with Crippen LogP contribution < -0.4 is 5.32 Å². The van der Waals surface area contributed by atoms with E-state index in [0.717, 1.165) is 12.2 Å². The Hall–Kier alpha value is -0.630. The molecule has 0 radical (unpaired) electrons. The van der Waals surface area contributed by atoms with Crippen molar-refractivity contribution in [2.24, 2.45) is 5.41 Å². The summed E-state index contributed by atoms with van der Waals surface area (Å²) in [5.74, 6) is 0.724. The highest BCUT2D eigenvalue weighted by Gasteiger charge is 2.30. The summed E-state index contributed by atoms with van der Waals surface area (Å²) in [5, 5.41) is 12.2. The number of hydrogen-bond acceptors (Lipinski definition) is 6. The molecule has 0 aromatic carbocycles. The second-order valence-corrected chi connectivity index (χ2v) is 6.39. The molecule has 1 amide bonds. The third-order valence-electron chi connectivity index (χ3n) is 2.31. The Morgan fingerprint density at radius 1 is 1.50 bits per heavy atom. The van der Waals surface area contributed by atoms with E-state index in [2.05, 4.69) is 10.2 Å². The Morgan fingerprint density at radius 2 is 2.11 bits per heavy atom. The molecule has 0 aliphatic rings. The lowest BCUT2D eigenvalue weighted by Crippen LogP contribution is -2.44. The summed E-state index contributed by atoms with van der Waals surface area (Å²) in [6, 6.07) is 0. The van der Waals surface area contributed by atoms with E-state index >= 15 is 0 Å². The summed E-state index contributed by atoms with van der Waals surface area (Å²) in [7, 11) is 0. The van der Waals surface area contributed by atoms with Gasteiger partial charge in [-0.1, -0.05) is 0 Å². The lowest BCUT2D eigenvalue weighted by Gasteiger charge is -2.25. The highest BCUT2D eigenvalue weighted by atomic mass is 32.2. The number of amides is 1. The van der Waals surface area contributed by atoms with Gasteiger partial charge in [-0.2, -0.15) is 11.8 Å². The van der Waals surface area contributed by atoms with E-state index in [4.69, 9.17) is 0 Å². The predicted octanol–water partition coefficient (Wildman–Crippen LogP) is 1.78. The highest BCUT2D eigenvalue weighted by molar-refractivity contribution is 7.99. The molecule has 1 atom stereocenters. The fourth-order valence-corrected chi connectivity index (χ4v) is 2.29. The molecular weight excluding hydrogens is 276 g/mol. The van der Waals surface area contributed by atoms with Gasteiger partial charge in [-0.25, -0.2) is 0 Å². The van der Waals surface area contributed by atoms with Crippen molar-refractivity contribution in [3.8, 4) is 0 Å². The van der Waals surface area contributed by atoms with E-state index in [9.17, 15) is 14.9 Å². The summed E-state index contributed by atoms with van der Waals surface area (Å²) in [4.78, 5) is 26.4. The smallest absolute Gasteiger partial charge is 0.294 e. The monoisotopic (exact) mass is 296 g/mol. The molecule has 0 rings (SSSR count). The first kappa shape index (κ1) is 17.4. The molecule has 8 heteroatoms. The minimum Gasteiger partial charge on any atom is -0.344 e. The minimum absolute atomic E-state index is 0.0276. The molecule has 0 bridgehead atoms. The Balaban J connectivity index is 4.29. The van der Waals surface area contributed by atoms with Crippen LogP contribution in [0.15, 0.2) is 0 Å². The van der Waals surface area contributed by atoms with Gasteiger partial charge >= 0.3 is 0 Å². The summed E-state index contributed by atoms with van der Waals surface area (Å²) in [6.45, 7) is 3.01. The Bertz CT molecular complexity index is 287. The van der Waals surface area contributed by atoms with Crippen LogP contribution in [-0.4, -0.2) is 41.2 Å². The number of hydrogen-bond donors (Lipinski definition) is 1. The quantitative estimate of drug-likeness (QED) is 0.397. The van der Waals surface area contributed by atoms with Gasteiger partial charge in [0, 0.05) is 0 Å². The van der Waals surface area contributed by atoms with E-state index < -0.39 is 10.5 Å². The third kappa shape index (κ3) is 6.95. The van der Waals surface area contributed by atoms with Gasteiger partial charge < -0.3 is 10.2 Å². The number of carbonyl (C=O) groups excluding carboxylic acids is 1. The van der Waals surface area contributed by atoms with Crippen LogP contribution in [0.5, 0.6) is 0 Å². The first-order valence-corrected chi connectivity index (χ1v) is 8.11. The van der Waals surface area contributed by atoms with Crippen molar-refractivity contribution in [2.45, 2.75) is 25.6 Å². The lowest BCUT2D eigenvalue weighted by molar-refractivity contribution is -0.760.